The van der Waals surface area contributed by atoms with Gasteiger partial charge in [0.2, 0.25) is 0 Å². The summed E-state index contributed by atoms with van der Waals surface area (Å²) in [5.74, 6) is 0.845. The lowest BCUT2D eigenvalue weighted by molar-refractivity contribution is 0.461. The van der Waals surface area contributed by atoms with Crippen LogP contribution >= 0.6 is 0 Å². The summed E-state index contributed by atoms with van der Waals surface area (Å²) in [4.78, 5) is 2.22. The van der Waals surface area contributed by atoms with Crippen LogP contribution in [0.2, 0.25) is 0 Å². The van der Waals surface area contributed by atoms with E-state index in [0.717, 1.165) is 5.92 Å². The first-order chi connectivity index (χ1) is 3.63. The predicted molar refractivity (Wildman–Crippen MR) is 40.6 cm³/mol. The molecule has 0 atom stereocenters. The van der Waals surface area contributed by atoms with Crippen LogP contribution in [-0.2, 0) is 0 Å². The van der Waals surface area contributed by atoms with Crippen molar-refractivity contribution in [2.24, 2.45) is 5.92 Å². The molecular formula is C6H16BN. The molecule has 0 aliphatic heterocycles. The van der Waals surface area contributed by atoms with Crippen LogP contribution in [0, 0.1) is 5.92 Å². The summed E-state index contributed by atoms with van der Waals surface area (Å²) in [5, 5.41) is 0. The van der Waals surface area contributed by atoms with Gasteiger partial charge in [-0.25, -0.2) is 0 Å². The minimum atomic E-state index is 0.845. The van der Waals surface area contributed by atoms with Crippen LogP contribution < -0.4 is 0 Å². The molecule has 0 bridgehead atoms. The van der Waals surface area contributed by atoms with E-state index < -0.39 is 0 Å². The lowest BCUT2D eigenvalue weighted by atomic mass is 10.1. The zero-order chi connectivity index (χ0) is 6.57. The fraction of sp³-hybridized carbons (Fsp3) is 1.00. The van der Waals surface area contributed by atoms with Gasteiger partial charge < -0.3 is 4.81 Å². The summed E-state index contributed by atoms with van der Waals surface area (Å²) >= 11 is 0. The van der Waals surface area contributed by atoms with Crippen molar-refractivity contribution < 1.29 is 0 Å². The van der Waals surface area contributed by atoms with Gasteiger partial charge in [0.25, 0.3) is 0 Å². The van der Waals surface area contributed by atoms with Crippen LogP contribution in [0.5, 0.6) is 0 Å². The average Bonchev–Trinajstić information content (AvgIpc) is 1.61. The van der Waals surface area contributed by atoms with E-state index in [1.807, 2.05) is 0 Å². The summed E-state index contributed by atoms with van der Waals surface area (Å²) in [6.45, 7) is 5.73. The summed E-state index contributed by atoms with van der Waals surface area (Å²) in [6.07, 6.45) is 1.31. The normalized spacial score (nSPS) is 11.1. The van der Waals surface area contributed by atoms with Crippen molar-refractivity contribution in [2.45, 2.75) is 20.3 Å². The van der Waals surface area contributed by atoms with Crippen molar-refractivity contribution >= 4 is 7.98 Å². The molecular weight excluding hydrogens is 96.9 g/mol. The highest BCUT2D eigenvalue weighted by Crippen LogP contribution is 1.97. The van der Waals surface area contributed by atoms with E-state index in [1.54, 1.807) is 0 Å². The maximum absolute atomic E-state index is 2.25. The highest BCUT2D eigenvalue weighted by Gasteiger charge is 1.93. The van der Waals surface area contributed by atoms with Crippen molar-refractivity contribution in [3.63, 3.8) is 0 Å². The van der Waals surface area contributed by atoms with Gasteiger partial charge in [-0.2, -0.15) is 0 Å². The molecule has 0 saturated heterocycles. The first-order valence-electron chi connectivity index (χ1n) is 3.27. The second kappa shape index (κ2) is 3.96. The minimum absolute atomic E-state index is 0.845. The van der Waals surface area contributed by atoms with Gasteiger partial charge in [0.05, 0.1) is 0 Å². The SMILES string of the molecule is BN(C)CCC(C)C. The highest BCUT2D eigenvalue weighted by molar-refractivity contribution is 6.04. The molecule has 0 rings (SSSR count). The van der Waals surface area contributed by atoms with Gasteiger partial charge in [0.15, 0.2) is 7.98 Å². The monoisotopic (exact) mass is 113 g/mol. The molecule has 0 aromatic heterocycles. The number of hydrogen-bond acceptors (Lipinski definition) is 1. The lowest BCUT2D eigenvalue weighted by Crippen LogP contribution is -2.16. The van der Waals surface area contributed by atoms with Crippen LogP contribution in [0.4, 0.5) is 0 Å². The van der Waals surface area contributed by atoms with Gasteiger partial charge in [0, 0.05) is 0 Å². The van der Waals surface area contributed by atoms with Crippen LogP contribution in [0.15, 0.2) is 0 Å². The van der Waals surface area contributed by atoms with E-state index >= 15 is 0 Å². The average molecular weight is 113 g/mol. The fourth-order valence-electron chi connectivity index (χ4n) is 0.516. The van der Waals surface area contributed by atoms with E-state index in [9.17, 15) is 0 Å². The maximum atomic E-state index is 2.25. The Morgan fingerprint density at radius 1 is 1.50 bits per heavy atom. The zero-order valence-electron chi connectivity index (χ0n) is 6.44. The first-order valence-corrected chi connectivity index (χ1v) is 3.27. The van der Waals surface area contributed by atoms with E-state index in [1.165, 1.54) is 13.0 Å². The van der Waals surface area contributed by atoms with Crippen molar-refractivity contribution in [3.8, 4) is 0 Å². The van der Waals surface area contributed by atoms with E-state index in [-0.39, 0.29) is 0 Å². The third-order valence-corrected chi connectivity index (χ3v) is 1.15. The van der Waals surface area contributed by atoms with E-state index in [0.29, 0.717) is 0 Å². The molecule has 0 aliphatic rings. The Bertz CT molecular complexity index is 44.5. The lowest BCUT2D eigenvalue weighted by Gasteiger charge is -2.10. The molecule has 48 valence electrons. The van der Waals surface area contributed by atoms with Crippen molar-refractivity contribution in [1.29, 1.82) is 0 Å². The van der Waals surface area contributed by atoms with Crippen LogP contribution in [0.1, 0.15) is 20.3 Å². The third kappa shape index (κ3) is 6.02. The molecule has 8 heavy (non-hydrogen) atoms. The number of hydrogen-bond donors (Lipinski definition) is 0. The Morgan fingerprint density at radius 3 is 2.12 bits per heavy atom. The van der Waals surface area contributed by atoms with E-state index in [2.05, 4.69) is 33.7 Å². The number of nitrogens with zero attached hydrogens (tertiary/aromatic N) is 1. The minimum Gasteiger partial charge on any atom is -0.351 e. The Morgan fingerprint density at radius 2 is 2.00 bits per heavy atom. The maximum Gasteiger partial charge on any atom is 0.185 e. The summed E-state index contributed by atoms with van der Waals surface area (Å²) in [7, 11) is 4.23. The molecule has 0 spiro atoms. The summed E-state index contributed by atoms with van der Waals surface area (Å²) in [5.41, 5.74) is 0. The van der Waals surface area contributed by atoms with Crippen molar-refractivity contribution in [2.75, 3.05) is 13.6 Å². The smallest absolute Gasteiger partial charge is 0.185 e. The Kier molecular flexibility index (Phi) is 3.97. The summed E-state index contributed by atoms with van der Waals surface area (Å²) < 4.78 is 0. The van der Waals surface area contributed by atoms with Crippen molar-refractivity contribution in [3.05, 3.63) is 0 Å². The quantitative estimate of drug-likeness (QED) is 0.482. The van der Waals surface area contributed by atoms with Crippen LogP contribution in [-0.4, -0.2) is 26.4 Å². The molecule has 2 heteroatoms. The summed E-state index contributed by atoms with van der Waals surface area (Å²) in [6, 6.07) is 0. The fourth-order valence-corrected chi connectivity index (χ4v) is 0.516. The molecule has 0 fully saturated rings. The van der Waals surface area contributed by atoms with Gasteiger partial charge in [-0.1, -0.05) is 13.8 Å². The molecule has 0 saturated carbocycles. The number of rotatable bonds is 3. The second-order valence-electron chi connectivity index (χ2n) is 2.99. The topological polar surface area (TPSA) is 3.24 Å². The van der Waals surface area contributed by atoms with Gasteiger partial charge in [-0.15, -0.1) is 0 Å². The van der Waals surface area contributed by atoms with Gasteiger partial charge in [-0.05, 0) is 25.9 Å². The molecule has 0 amide bonds. The molecule has 1 nitrogen and oxygen atoms in total. The second-order valence-corrected chi connectivity index (χ2v) is 2.99. The Hall–Kier alpha value is 0.0249. The molecule has 0 N–H and O–H groups in total. The highest BCUT2D eigenvalue weighted by atomic mass is 15.0. The van der Waals surface area contributed by atoms with Crippen LogP contribution in [0.25, 0.3) is 0 Å². The third-order valence-electron chi connectivity index (χ3n) is 1.15. The largest absolute Gasteiger partial charge is 0.351 e. The standard InChI is InChI=1S/C6H16BN/c1-6(2)4-5-8(3)7/h6H,4-5,7H2,1-3H3. The molecule has 0 aromatic carbocycles. The van der Waals surface area contributed by atoms with Crippen LogP contribution in [0.3, 0.4) is 0 Å². The predicted octanol–water partition coefficient (Wildman–Crippen LogP) is 0.512. The van der Waals surface area contributed by atoms with Gasteiger partial charge in [-0.3, -0.25) is 0 Å². The molecule has 0 radical (unpaired) electrons. The van der Waals surface area contributed by atoms with E-state index in [4.69, 9.17) is 0 Å². The molecule has 0 unspecified atom stereocenters. The molecule has 0 aromatic rings. The molecule has 0 aliphatic carbocycles. The Balaban J connectivity index is 2.93. The van der Waals surface area contributed by atoms with Crippen molar-refractivity contribution in [1.82, 2.24) is 4.81 Å². The van der Waals surface area contributed by atoms with Gasteiger partial charge >= 0.3 is 0 Å². The molecule has 0 heterocycles. The first kappa shape index (κ1) is 8.02. The van der Waals surface area contributed by atoms with Gasteiger partial charge in [0.1, 0.15) is 0 Å². The Labute approximate surface area is 53.5 Å². The zero-order valence-corrected chi connectivity index (χ0v) is 6.44.